The Morgan fingerprint density at radius 3 is 2.70 bits per heavy atom. The maximum Gasteiger partial charge on any atom is 0.255 e. The molecule has 0 aliphatic carbocycles. The van der Waals surface area contributed by atoms with Gasteiger partial charge in [-0.2, -0.15) is 0 Å². The summed E-state index contributed by atoms with van der Waals surface area (Å²) in [5.41, 5.74) is 4.64. The SMILES string of the molecule is O=C(Nc1c2c(nc3ccccc13)CCNC2)c1ccccc1. The van der Waals surface area contributed by atoms with Crippen molar-refractivity contribution in [3.63, 3.8) is 0 Å². The molecule has 1 aliphatic heterocycles. The Morgan fingerprint density at radius 1 is 1.04 bits per heavy atom. The Hall–Kier alpha value is -2.72. The van der Waals surface area contributed by atoms with Crippen molar-refractivity contribution in [2.24, 2.45) is 0 Å². The molecule has 0 radical (unpaired) electrons. The largest absolute Gasteiger partial charge is 0.321 e. The molecule has 0 saturated carbocycles. The fourth-order valence-electron chi connectivity index (χ4n) is 3.04. The topological polar surface area (TPSA) is 54.0 Å². The van der Waals surface area contributed by atoms with E-state index in [1.807, 2.05) is 54.6 Å². The van der Waals surface area contributed by atoms with Gasteiger partial charge in [-0.05, 0) is 18.2 Å². The van der Waals surface area contributed by atoms with Gasteiger partial charge in [0.25, 0.3) is 5.91 Å². The van der Waals surface area contributed by atoms with Crippen molar-refractivity contribution < 1.29 is 4.79 Å². The van der Waals surface area contributed by atoms with Gasteiger partial charge in [0.05, 0.1) is 11.2 Å². The number of nitrogens with one attached hydrogen (secondary N) is 2. The van der Waals surface area contributed by atoms with Crippen LogP contribution in [0.4, 0.5) is 5.69 Å². The lowest BCUT2D eigenvalue weighted by Crippen LogP contribution is -2.26. The van der Waals surface area contributed by atoms with Gasteiger partial charge in [0, 0.05) is 41.7 Å². The standard InChI is InChI=1S/C19H17N3O/c23-19(13-6-2-1-3-7-13)22-18-14-8-4-5-9-16(14)21-17-10-11-20-12-15(17)18/h1-9,20H,10-12H2,(H,21,22,23). The third-order valence-electron chi connectivity index (χ3n) is 4.19. The number of benzene rings is 2. The summed E-state index contributed by atoms with van der Waals surface area (Å²) < 4.78 is 0. The molecule has 1 aliphatic rings. The number of nitrogens with zero attached hydrogens (tertiary/aromatic N) is 1. The molecule has 2 heterocycles. The van der Waals surface area contributed by atoms with Gasteiger partial charge in [-0.25, -0.2) is 0 Å². The van der Waals surface area contributed by atoms with Crippen LogP contribution >= 0.6 is 0 Å². The molecule has 4 rings (SSSR count). The molecule has 2 N–H and O–H groups in total. The number of aromatic nitrogens is 1. The lowest BCUT2D eigenvalue weighted by atomic mass is 10.0. The second kappa shape index (κ2) is 5.82. The van der Waals surface area contributed by atoms with Crippen molar-refractivity contribution in [3.8, 4) is 0 Å². The molecular weight excluding hydrogens is 286 g/mol. The molecule has 0 spiro atoms. The molecule has 4 nitrogen and oxygen atoms in total. The molecule has 0 bridgehead atoms. The number of para-hydroxylation sites is 1. The van der Waals surface area contributed by atoms with Crippen LogP contribution in [0.3, 0.4) is 0 Å². The lowest BCUT2D eigenvalue weighted by molar-refractivity contribution is 0.102. The lowest BCUT2D eigenvalue weighted by Gasteiger charge is -2.22. The van der Waals surface area contributed by atoms with E-state index in [0.29, 0.717) is 5.56 Å². The third kappa shape index (κ3) is 2.58. The highest BCUT2D eigenvalue weighted by Gasteiger charge is 2.19. The van der Waals surface area contributed by atoms with E-state index in [2.05, 4.69) is 10.6 Å². The molecule has 23 heavy (non-hydrogen) atoms. The summed E-state index contributed by atoms with van der Waals surface area (Å²) in [6.45, 7) is 1.65. The van der Waals surface area contributed by atoms with Crippen molar-refractivity contribution in [2.75, 3.05) is 11.9 Å². The Balaban J connectivity index is 1.83. The van der Waals surface area contributed by atoms with Crippen LogP contribution in [0, 0.1) is 0 Å². The number of carbonyl (C=O) groups is 1. The first-order chi connectivity index (χ1) is 11.3. The van der Waals surface area contributed by atoms with Crippen LogP contribution < -0.4 is 10.6 Å². The summed E-state index contributed by atoms with van der Waals surface area (Å²) in [4.78, 5) is 17.4. The monoisotopic (exact) mass is 303 g/mol. The van der Waals surface area contributed by atoms with E-state index < -0.39 is 0 Å². The summed E-state index contributed by atoms with van der Waals surface area (Å²) in [5, 5.41) is 7.46. The molecule has 1 amide bonds. The zero-order valence-corrected chi connectivity index (χ0v) is 12.7. The third-order valence-corrected chi connectivity index (χ3v) is 4.19. The van der Waals surface area contributed by atoms with E-state index in [0.717, 1.165) is 47.4 Å². The number of carbonyl (C=O) groups excluding carboxylic acids is 1. The first-order valence-corrected chi connectivity index (χ1v) is 7.80. The highest BCUT2D eigenvalue weighted by molar-refractivity contribution is 6.09. The van der Waals surface area contributed by atoms with Crippen LogP contribution in [-0.4, -0.2) is 17.4 Å². The minimum absolute atomic E-state index is 0.0882. The first-order valence-electron chi connectivity index (χ1n) is 7.80. The zero-order valence-electron chi connectivity index (χ0n) is 12.7. The van der Waals surface area contributed by atoms with Gasteiger partial charge >= 0.3 is 0 Å². The van der Waals surface area contributed by atoms with Crippen LogP contribution in [0.1, 0.15) is 21.6 Å². The quantitative estimate of drug-likeness (QED) is 0.765. The Morgan fingerprint density at radius 2 is 1.83 bits per heavy atom. The van der Waals surface area contributed by atoms with Crippen molar-refractivity contribution in [1.29, 1.82) is 0 Å². The Bertz CT molecular complexity index is 874. The van der Waals surface area contributed by atoms with E-state index in [-0.39, 0.29) is 5.91 Å². The van der Waals surface area contributed by atoms with Crippen molar-refractivity contribution in [1.82, 2.24) is 10.3 Å². The van der Waals surface area contributed by atoms with Gasteiger partial charge in [-0.3, -0.25) is 9.78 Å². The van der Waals surface area contributed by atoms with Crippen LogP contribution in [0.25, 0.3) is 10.9 Å². The number of fused-ring (bicyclic) bond motifs is 2. The summed E-state index contributed by atoms with van der Waals surface area (Å²) in [6.07, 6.45) is 0.883. The van der Waals surface area contributed by atoms with Gasteiger partial charge in [0.1, 0.15) is 0 Å². The summed E-state index contributed by atoms with van der Waals surface area (Å²) in [5.74, 6) is -0.0882. The number of pyridine rings is 1. The smallest absolute Gasteiger partial charge is 0.255 e. The maximum atomic E-state index is 12.6. The predicted octanol–water partition coefficient (Wildman–Crippen LogP) is 3.13. The maximum absolute atomic E-state index is 12.6. The molecule has 4 heteroatoms. The normalized spacial score (nSPS) is 13.6. The molecule has 3 aromatic rings. The average molecular weight is 303 g/mol. The number of amides is 1. The fraction of sp³-hybridized carbons (Fsp3) is 0.158. The number of rotatable bonds is 2. The van der Waals surface area contributed by atoms with E-state index in [1.54, 1.807) is 0 Å². The van der Waals surface area contributed by atoms with Crippen molar-refractivity contribution in [2.45, 2.75) is 13.0 Å². The average Bonchev–Trinajstić information content (AvgIpc) is 2.62. The second-order valence-electron chi connectivity index (χ2n) is 5.68. The molecule has 2 aromatic carbocycles. The minimum Gasteiger partial charge on any atom is -0.321 e. The molecule has 0 unspecified atom stereocenters. The number of hydrogen-bond donors (Lipinski definition) is 2. The highest BCUT2D eigenvalue weighted by atomic mass is 16.1. The highest BCUT2D eigenvalue weighted by Crippen LogP contribution is 2.30. The van der Waals surface area contributed by atoms with E-state index in [4.69, 9.17) is 4.98 Å². The minimum atomic E-state index is -0.0882. The Kier molecular flexibility index (Phi) is 3.52. The van der Waals surface area contributed by atoms with Gasteiger partial charge < -0.3 is 10.6 Å². The molecule has 0 atom stereocenters. The van der Waals surface area contributed by atoms with Gasteiger partial charge in [-0.15, -0.1) is 0 Å². The summed E-state index contributed by atoms with van der Waals surface area (Å²) in [7, 11) is 0. The first kappa shape index (κ1) is 13.9. The summed E-state index contributed by atoms with van der Waals surface area (Å²) in [6, 6.07) is 17.3. The van der Waals surface area contributed by atoms with E-state index in [9.17, 15) is 4.79 Å². The summed E-state index contributed by atoms with van der Waals surface area (Å²) >= 11 is 0. The predicted molar refractivity (Wildman–Crippen MR) is 91.5 cm³/mol. The molecular formula is C19H17N3O. The fourth-order valence-corrected chi connectivity index (χ4v) is 3.04. The van der Waals surface area contributed by atoms with Crippen LogP contribution in [0.5, 0.6) is 0 Å². The van der Waals surface area contributed by atoms with Gasteiger partial charge in [0.2, 0.25) is 0 Å². The molecule has 1 aromatic heterocycles. The Labute approximate surface area is 134 Å². The van der Waals surface area contributed by atoms with E-state index in [1.165, 1.54) is 0 Å². The van der Waals surface area contributed by atoms with Crippen LogP contribution in [0.15, 0.2) is 54.6 Å². The van der Waals surface area contributed by atoms with Gasteiger partial charge in [0.15, 0.2) is 0 Å². The molecule has 114 valence electrons. The number of anilines is 1. The van der Waals surface area contributed by atoms with Crippen LogP contribution in [0.2, 0.25) is 0 Å². The van der Waals surface area contributed by atoms with Crippen LogP contribution in [-0.2, 0) is 13.0 Å². The van der Waals surface area contributed by atoms with Crippen molar-refractivity contribution >= 4 is 22.5 Å². The number of hydrogen-bond acceptors (Lipinski definition) is 3. The zero-order chi connectivity index (χ0) is 15.6. The molecule has 0 fully saturated rings. The van der Waals surface area contributed by atoms with Gasteiger partial charge in [-0.1, -0.05) is 36.4 Å². The molecule has 0 saturated heterocycles. The van der Waals surface area contributed by atoms with Crippen molar-refractivity contribution in [3.05, 3.63) is 71.4 Å². The van der Waals surface area contributed by atoms with E-state index >= 15 is 0 Å². The second-order valence-corrected chi connectivity index (χ2v) is 5.68.